The third kappa shape index (κ3) is 3.06. The molecule has 1 heterocycles. The summed E-state index contributed by atoms with van der Waals surface area (Å²) in [5.74, 6) is 0. The third-order valence-electron chi connectivity index (χ3n) is 2.61. The molecule has 4 nitrogen and oxygen atoms in total. The van der Waals surface area contributed by atoms with Crippen LogP contribution in [0.5, 0.6) is 0 Å². The molecule has 2 atom stereocenters. The van der Waals surface area contributed by atoms with E-state index in [0.717, 1.165) is 23.0 Å². The van der Waals surface area contributed by atoms with Crippen LogP contribution in [0.2, 0.25) is 0 Å². The van der Waals surface area contributed by atoms with Gasteiger partial charge < -0.3 is 10.5 Å². The molecule has 0 aliphatic rings. The Morgan fingerprint density at radius 2 is 2.25 bits per heavy atom. The van der Waals surface area contributed by atoms with Gasteiger partial charge in [0.2, 0.25) is 0 Å². The SMILES string of the molecule is CCCC(OCC)C(N)c1c(Br)cnn1C. The number of aromatic nitrogens is 2. The Morgan fingerprint density at radius 1 is 1.56 bits per heavy atom. The van der Waals surface area contributed by atoms with Gasteiger partial charge >= 0.3 is 0 Å². The predicted octanol–water partition coefficient (Wildman–Crippen LogP) is 2.39. The van der Waals surface area contributed by atoms with E-state index in [1.54, 1.807) is 10.9 Å². The highest BCUT2D eigenvalue weighted by atomic mass is 79.9. The van der Waals surface area contributed by atoms with Gasteiger partial charge in [0.15, 0.2) is 0 Å². The van der Waals surface area contributed by atoms with Crippen LogP contribution in [-0.4, -0.2) is 22.5 Å². The van der Waals surface area contributed by atoms with E-state index in [0.29, 0.717) is 6.61 Å². The summed E-state index contributed by atoms with van der Waals surface area (Å²) >= 11 is 3.47. The molecular formula is C11H20BrN3O. The first-order valence-electron chi connectivity index (χ1n) is 5.66. The van der Waals surface area contributed by atoms with Crippen LogP contribution < -0.4 is 5.73 Å². The maximum Gasteiger partial charge on any atom is 0.0783 e. The van der Waals surface area contributed by atoms with Crippen molar-refractivity contribution in [2.45, 2.75) is 38.8 Å². The summed E-state index contributed by atoms with van der Waals surface area (Å²) in [5, 5.41) is 4.17. The predicted molar refractivity (Wildman–Crippen MR) is 68.2 cm³/mol. The van der Waals surface area contributed by atoms with E-state index in [1.807, 2.05) is 14.0 Å². The van der Waals surface area contributed by atoms with Gasteiger partial charge in [0.25, 0.3) is 0 Å². The molecule has 0 aliphatic heterocycles. The largest absolute Gasteiger partial charge is 0.376 e. The lowest BCUT2D eigenvalue weighted by Gasteiger charge is -2.24. The number of hydrogen-bond donors (Lipinski definition) is 1. The molecule has 0 fully saturated rings. The lowest BCUT2D eigenvalue weighted by molar-refractivity contribution is 0.0355. The summed E-state index contributed by atoms with van der Waals surface area (Å²) in [4.78, 5) is 0. The first-order chi connectivity index (χ1) is 7.61. The highest BCUT2D eigenvalue weighted by molar-refractivity contribution is 9.10. The van der Waals surface area contributed by atoms with Gasteiger partial charge in [-0.15, -0.1) is 0 Å². The minimum atomic E-state index is -0.137. The second-order valence-electron chi connectivity index (χ2n) is 3.81. The fourth-order valence-corrected chi connectivity index (χ4v) is 2.45. The summed E-state index contributed by atoms with van der Waals surface area (Å²) < 4.78 is 8.44. The Kier molecular flexibility index (Phi) is 5.44. The fraction of sp³-hybridized carbons (Fsp3) is 0.727. The van der Waals surface area contributed by atoms with Crippen LogP contribution >= 0.6 is 15.9 Å². The first kappa shape index (κ1) is 13.7. The number of hydrogen-bond acceptors (Lipinski definition) is 3. The molecule has 1 aromatic heterocycles. The third-order valence-corrected chi connectivity index (χ3v) is 3.22. The molecule has 1 aromatic rings. The van der Waals surface area contributed by atoms with Crippen molar-refractivity contribution in [3.63, 3.8) is 0 Å². The monoisotopic (exact) mass is 289 g/mol. The van der Waals surface area contributed by atoms with Gasteiger partial charge in [-0.05, 0) is 29.3 Å². The Balaban J connectivity index is 2.84. The zero-order valence-corrected chi connectivity index (χ0v) is 11.7. The number of aryl methyl sites for hydroxylation is 1. The van der Waals surface area contributed by atoms with E-state index < -0.39 is 0 Å². The number of halogens is 1. The molecule has 0 saturated carbocycles. The quantitative estimate of drug-likeness (QED) is 0.875. The van der Waals surface area contributed by atoms with Gasteiger partial charge in [-0.1, -0.05) is 13.3 Å². The Hall–Kier alpha value is -0.390. The highest BCUT2D eigenvalue weighted by Crippen LogP contribution is 2.26. The van der Waals surface area contributed by atoms with E-state index >= 15 is 0 Å². The van der Waals surface area contributed by atoms with Crippen molar-refractivity contribution < 1.29 is 4.74 Å². The summed E-state index contributed by atoms with van der Waals surface area (Å²) in [5.41, 5.74) is 7.23. The highest BCUT2D eigenvalue weighted by Gasteiger charge is 2.24. The minimum Gasteiger partial charge on any atom is -0.376 e. The fourth-order valence-electron chi connectivity index (χ4n) is 1.84. The maximum atomic E-state index is 6.24. The zero-order valence-electron chi connectivity index (χ0n) is 10.1. The second-order valence-corrected chi connectivity index (χ2v) is 4.66. The van der Waals surface area contributed by atoms with Crippen molar-refractivity contribution in [1.29, 1.82) is 0 Å². The lowest BCUT2D eigenvalue weighted by atomic mass is 10.0. The summed E-state index contributed by atoms with van der Waals surface area (Å²) in [6.07, 6.45) is 3.85. The Morgan fingerprint density at radius 3 is 2.69 bits per heavy atom. The van der Waals surface area contributed by atoms with Crippen molar-refractivity contribution in [2.75, 3.05) is 6.61 Å². The Labute approximate surface area is 105 Å². The number of nitrogens with zero attached hydrogens (tertiary/aromatic N) is 2. The van der Waals surface area contributed by atoms with Crippen molar-refractivity contribution in [1.82, 2.24) is 9.78 Å². The normalized spacial score (nSPS) is 15.1. The lowest BCUT2D eigenvalue weighted by Crippen LogP contribution is -2.31. The molecule has 0 saturated heterocycles. The van der Waals surface area contributed by atoms with Gasteiger partial charge in [-0.2, -0.15) is 5.10 Å². The molecule has 0 amide bonds. The molecule has 2 N–H and O–H groups in total. The van der Waals surface area contributed by atoms with Gasteiger partial charge in [0.1, 0.15) is 0 Å². The standard InChI is InChI=1S/C11H20BrN3O/c1-4-6-9(16-5-2)10(13)11-8(12)7-14-15(11)3/h7,9-10H,4-6,13H2,1-3H3. The molecule has 2 unspecified atom stereocenters. The van der Waals surface area contributed by atoms with E-state index in [1.165, 1.54) is 0 Å². The summed E-state index contributed by atoms with van der Waals surface area (Å²) in [6.45, 7) is 4.82. The number of rotatable bonds is 6. The number of nitrogens with two attached hydrogens (primary N) is 1. The van der Waals surface area contributed by atoms with Crippen LogP contribution in [0.1, 0.15) is 38.4 Å². The van der Waals surface area contributed by atoms with E-state index in [-0.39, 0.29) is 12.1 Å². The second kappa shape index (κ2) is 6.37. The minimum absolute atomic E-state index is 0.0571. The van der Waals surface area contributed by atoms with E-state index in [4.69, 9.17) is 10.5 Å². The van der Waals surface area contributed by atoms with Crippen LogP contribution in [0, 0.1) is 0 Å². The molecule has 0 radical (unpaired) electrons. The molecule has 0 aliphatic carbocycles. The van der Waals surface area contributed by atoms with Gasteiger partial charge in [-0.25, -0.2) is 0 Å². The molecule has 1 rings (SSSR count). The molecular weight excluding hydrogens is 270 g/mol. The summed E-state index contributed by atoms with van der Waals surface area (Å²) in [7, 11) is 1.90. The van der Waals surface area contributed by atoms with Crippen LogP contribution in [-0.2, 0) is 11.8 Å². The summed E-state index contributed by atoms with van der Waals surface area (Å²) in [6, 6.07) is -0.137. The smallest absolute Gasteiger partial charge is 0.0783 e. The molecule has 5 heteroatoms. The van der Waals surface area contributed by atoms with Crippen molar-refractivity contribution in [3.8, 4) is 0 Å². The van der Waals surface area contributed by atoms with Crippen LogP contribution in [0.4, 0.5) is 0 Å². The van der Waals surface area contributed by atoms with E-state index in [2.05, 4.69) is 28.0 Å². The average Bonchev–Trinajstić information content (AvgIpc) is 2.57. The average molecular weight is 290 g/mol. The molecule has 16 heavy (non-hydrogen) atoms. The molecule has 0 aromatic carbocycles. The van der Waals surface area contributed by atoms with Gasteiger partial charge in [-0.3, -0.25) is 4.68 Å². The molecule has 0 bridgehead atoms. The van der Waals surface area contributed by atoms with Crippen molar-refractivity contribution >= 4 is 15.9 Å². The van der Waals surface area contributed by atoms with Gasteiger partial charge in [0.05, 0.1) is 28.5 Å². The topological polar surface area (TPSA) is 53.1 Å². The number of ether oxygens (including phenoxy) is 1. The maximum absolute atomic E-state index is 6.24. The first-order valence-corrected chi connectivity index (χ1v) is 6.45. The van der Waals surface area contributed by atoms with Gasteiger partial charge in [0, 0.05) is 13.7 Å². The molecule has 0 spiro atoms. The van der Waals surface area contributed by atoms with Crippen LogP contribution in [0.3, 0.4) is 0 Å². The van der Waals surface area contributed by atoms with Crippen molar-refractivity contribution in [3.05, 3.63) is 16.4 Å². The Bertz CT molecular complexity index is 302. The van der Waals surface area contributed by atoms with Crippen molar-refractivity contribution in [2.24, 2.45) is 12.8 Å². The zero-order chi connectivity index (χ0) is 12.1. The van der Waals surface area contributed by atoms with Crippen LogP contribution in [0.15, 0.2) is 10.7 Å². The van der Waals surface area contributed by atoms with Crippen LogP contribution in [0.25, 0.3) is 0 Å². The van der Waals surface area contributed by atoms with E-state index in [9.17, 15) is 0 Å². The molecule has 92 valence electrons.